The van der Waals surface area contributed by atoms with Gasteiger partial charge in [-0.05, 0) is 50.2 Å². The fourth-order valence-corrected chi connectivity index (χ4v) is 1.80. The molecular formula is C14H15BrN4O. The van der Waals surface area contributed by atoms with Crippen molar-refractivity contribution in [3.63, 3.8) is 0 Å². The van der Waals surface area contributed by atoms with Gasteiger partial charge in [-0.2, -0.15) is 0 Å². The molecule has 104 valence electrons. The highest BCUT2D eigenvalue weighted by atomic mass is 79.9. The molecule has 1 aromatic heterocycles. The molecule has 0 atom stereocenters. The Balaban J connectivity index is 2.04. The fourth-order valence-electron chi connectivity index (χ4n) is 1.54. The normalized spacial score (nSPS) is 10.4. The summed E-state index contributed by atoms with van der Waals surface area (Å²) in [4.78, 5) is 11.7. The summed E-state index contributed by atoms with van der Waals surface area (Å²) < 4.78 is 1.01. The van der Waals surface area contributed by atoms with Crippen molar-refractivity contribution >= 4 is 33.3 Å². The number of amides is 1. The third-order valence-corrected chi connectivity index (χ3v) is 2.96. The topological polar surface area (TPSA) is 66.9 Å². The third-order valence-electron chi connectivity index (χ3n) is 2.43. The monoisotopic (exact) mass is 334 g/mol. The summed E-state index contributed by atoms with van der Waals surface area (Å²) in [5, 5.41) is 13.8. The summed E-state index contributed by atoms with van der Waals surface area (Å²) in [6.45, 7) is 3.80. The molecule has 0 spiro atoms. The van der Waals surface area contributed by atoms with E-state index in [9.17, 15) is 4.79 Å². The summed E-state index contributed by atoms with van der Waals surface area (Å²) >= 11 is 3.38. The molecule has 0 unspecified atom stereocenters. The summed E-state index contributed by atoms with van der Waals surface area (Å²) in [7, 11) is 0. The average Bonchev–Trinajstić information content (AvgIpc) is 2.41. The van der Waals surface area contributed by atoms with Crippen molar-refractivity contribution in [1.82, 2.24) is 15.5 Å². The molecule has 0 bridgehead atoms. The van der Waals surface area contributed by atoms with E-state index in [2.05, 4.69) is 36.8 Å². The molecule has 5 nitrogen and oxygen atoms in total. The van der Waals surface area contributed by atoms with Gasteiger partial charge >= 0.3 is 0 Å². The Morgan fingerprint density at radius 2 is 1.80 bits per heavy atom. The van der Waals surface area contributed by atoms with Gasteiger partial charge in [0.25, 0.3) is 5.91 Å². The Hall–Kier alpha value is -1.95. The van der Waals surface area contributed by atoms with Gasteiger partial charge in [0, 0.05) is 16.2 Å². The summed E-state index contributed by atoms with van der Waals surface area (Å²) in [6, 6.07) is 11.2. The third kappa shape index (κ3) is 4.03. The van der Waals surface area contributed by atoms with Crippen molar-refractivity contribution in [2.45, 2.75) is 19.9 Å². The summed E-state index contributed by atoms with van der Waals surface area (Å²) in [5.74, 6) is 0.371. The molecule has 2 N–H and O–H groups in total. The maximum atomic E-state index is 11.7. The molecule has 6 heteroatoms. The molecular weight excluding hydrogens is 320 g/mol. The van der Waals surface area contributed by atoms with E-state index >= 15 is 0 Å². The van der Waals surface area contributed by atoms with Gasteiger partial charge in [-0.15, -0.1) is 10.2 Å². The van der Waals surface area contributed by atoms with Gasteiger partial charge in [0.1, 0.15) is 0 Å². The Morgan fingerprint density at radius 3 is 2.35 bits per heavy atom. The molecule has 1 aromatic carbocycles. The maximum Gasteiger partial charge on any atom is 0.271 e. The number of aromatic nitrogens is 2. The van der Waals surface area contributed by atoms with Crippen LogP contribution in [0.2, 0.25) is 0 Å². The number of halogens is 1. The van der Waals surface area contributed by atoms with Gasteiger partial charge in [-0.3, -0.25) is 4.79 Å². The van der Waals surface area contributed by atoms with E-state index in [1.807, 2.05) is 38.1 Å². The van der Waals surface area contributed by atoms with E-state index in [0.717, 1.165) is 10.2 Å². The maximum absolute atomic E-state index is 11.7. The predicted octanol–water partition coefficient (Wildman–Crippen LogP) is 3.12. The molecule has 2 aromatic rings. The SMILES string of the molecule is CC(C)NC(=O)c1ccc(Nc2ccc(Br)cc2)nn1. The van der Waals surface area contributed by atoms with E-state index in [4.69, 9.17) is 0 Å². The van der Waals surface area contributed by atoms with Crippen LogP contribution in [0.25, 0.3) is 0 Å². The smallest absolute Gasteiger partial charge is 0.271 e. The first-order valence-electron chi connectivity index (χ1n) is 6.22. The zero-order valence-corrected chi connectivity index (χ0v) is 12.8. The first kappa shape index (κ1) is 14.5. The molecule has 20 heavy (non-hydrogen) atoms. The van der Waals surface area contributed by atoms with E-state index < -0.39 is 0 Å². The van der Waals surface area contributed by atoms with Gasteiger partial charge in [0.2, 0.25) is 0 Å². The standard InChI is InChI=1S/C14H15BrN4O/c1-9(2)16-14(20)12-7-8-13(19-18-12)17-11-5-3-10(15)4-6-11/h3-9H,1-2H3,(H,16,20)(H,17,19). The number of rotatable bonds is 4. The van der Waals surface area contributed by atoms with Crippen LogP contribution in [-0.2, 0) is 0 Å². The number of carbonyl (C=O) groups excluding carboxylic acids is 1. The zero-order valence-electron chi connectivity index (χ0n) is 11.2. The number of benzene rings is 1. The minimum atomic E-state index is -0.220. The molecule has 0 fully saturated rings. The van der Waals surface area contributed by atoms with E-state index in [1.54, 1.807) is 12.1 Å². The van der Waals surface area contributed by atoms with Gasteiger partial charge in [-0.25, -0.2) is 0 Å². The Kier molecular flexibility index (Phi) is 4.68. The van der Waals surface area contributed by atoms with Gasteiger partial charge < -0.3 is 10.6 Å². The first-order valence-corrected chi connectivity index (χ1v) is 7.01. The number of carbonyl (C=O) groups is 1. The lowest BCUT2D eigenvalue weighted by atomic mass is 10.3. The second-order valence-electron chi connectivity index (χ2n) is 4.56. The predicted molar refractivity (Wildman–Crippen MR) is 82.1 cm³/mol. The van der Waals surface area contributed by atoms with Crippen molar-refractivity contribution in [1.29, 1.82) is 0 Å². The van der Waals surface area contributed by atoms with E-state index in [-0.39, 0.29) is 11.9 Å². The van der Waals surface area contributed by atoms with Crippen molar-refractivity contribution in [2.75, 3.05) is 5.32 Å². The van der Waals surface area contributed by atoms with Crippen LogP contribution in [0.15, 0.2) is 40.9 Å². The second-order valence-corrected chi connectivity index (χ2v) is 5.48. The molecule has 0 aliphatic heterocycles. The van der Waals surface area contributed by atoms with Crippen LogP contribution >= 0.6 is 15.9 Å². The minimum Gasteiger partial charge on any atom is -0.348 e. The summed E-state index contributed by atoms with van der Waals surface area (Å²) in [6.07, 6.45) is 0. The summed E-state index contributed by atoms with van der Waals surface area (Å²) in [5.41, 5.74) is 1.21. The van der Waals surface area contributed by atoms with Crippen molar-refractivity contribution in [3.05, 3.63) is 46.6 Å². The van der Waals surface area contributed by atoms with Crippen LogP contribution in [0.1, 0.15) is 24.3 Å². The van der Waals surface area contributed by atoms with Crippen LogP contribution in [-0.4, -0.2) is 22.1 Å². The zero-order chi connectivity index (χ0) is 14.5. The first-order chi connectivity index (χ1) is 9.54. The Bertz CT molecular complexity index is 581. The lowest BCUT2D eigenvalue weighted by molar-refractivity contribution is 0.0937. The van der Waals surface area contributed by atoms with Crippen LogP contribution in [0.4, 0.5) is 11.5 Å². The molecule has 0 aliphatic rings. The highest BCUT2D eigenvalue weighted by molar-refractivity contribution is 9.10. The Morgan fingerprint density at radius 1 is 1.10 bits per heavy atom. The van der Waals surface area contributed by atoms with Crippen molar-refractivity contribution in [2.24, 2.45) is 0 Å². The largest absolute Gasteiger partial charge is 0.348 e. The number of nitrogens with zero attached hydrogens (tertiary/aromatic N) is 2. The van der Waals surface area contributed by atoms with E-state index in [1.165, 1.54) is 0 Å². The highest BCUT2D eigenvalue weighted by Gasteiger charge is 2.09. The Labute approximate surface area is 125 Å². The van der Waals surface area contributed by atoms with E-state index in [0.29, 0.717) is 11.5 Å². The second kappa shape index (κ2) is 6.47. The number of hydrogen-bond donors (Lipinski definition) is 2. The minimum absolute atomic E-state index is 0.0740. The van der Waals surface area contributed by atoms with Crippen molar-refractivity contribution < 1.29 is 4.79 Å². The molecule has 0 radical (unpaired) electrons. The van der Waals surface area contributed by atoms with Gasteiger partial charge in [0.15, 0.2) is 11.5 Å². The fraction of sp³-hybridized carbons (Fsp3) is 0.214. The molecule has 0 saturated heterocycles. The number of anilines is 2. The lowest BCUT2D eigenvalue weighted by Crippen LogP contribution is -2.30. The molecule has 0 aliphatic carbocycles. The quantitative estimate of drug-likeness (QED) is 0.901. The lowest BCUT2D eigenvalue weighted by Gasteiger charge is -2.08. The number of hydrogen-bond acceptors (Lipinski definition) is 4. The average molecular weight is 335 g/mol. The van der Waals surface area contributed by atoms with Gasteiger partial charge in [0.05, 0.1) is 0 Å². The number of nitrogens with one attached hydrogen (secondary N) is 2. The molecule has 0 saturated carbocycles. The molecule has 1 heterocycles. The van der Waals surface area contributed by atoms with Crippen LogP contribution in [0.5, 0.6) is 0 Å². The van der Waals surface area contributed by atoms with Crippen LogP contribution in [0, 0.1) is 0 Å². The van der Waals surface area contributed by atoms with Crippen molar-refractivity contribution in [3.8, 4) is 0 Å². The van der Waals surface area contributed by atoms with Crippen LogP contribution < -0.4 is 10.6 Å². The van der Waals surface area contributed by atoms with Crippen LogP contribution in [0.3, 0.4) is 0 Å². The highest BCUT2D eigenvalue weighted by Crippen LogP contribution is 2.17. The van der Waals surface area contributed by atoms with Gasteiger partial charge in [-0.1, -0.05) is 15.9 Å². The molecule has 2 rings (SSSR count). The molecule has 1 amide bonds.